The van der Waals surface area contributed by atoms with Crippen molar-refractivity contribution in [3.05, 3.63) is 81.0 Å². The number of esters is 1. The van der Waals surface area contributed by atoms with Crippen LogP contribution in [0.1, 0.15) is 25.3 Å². The highest BCUT2D eigenvalue weighted by Gasteiger charge is 2.39. The number of hydrogen-bond donors (Lipinski definition) is 0. The molecule has 1 saturated carbocycles. The minimum absolute atomic E-state index is 0.0954. The molecule has 10 heteroatoms. The van der Waals surface area contributed by atoms with Gasteiger partial charge >= 0.3 is 5.97 Å². The van der Waals surface area contributed by atoms with Crippen LogP contribution in [-0.4, -0.2) is 38.0 Å². The van der Waals surface area contributed by atoms with Crippen LogP contribution in [0.3, 0.4) is 0 Å². The van der Waals surface area contributed by atoms with Gasteiger partial charge in [-0.15, -0.1) is 0 Å². The van der Waals surface area contributed by atoms with E-state index in [1.54, 1.807) is 29.9 Å². The summed E-state index contributed by atoms with van der Waals surface area (Å²) < 4.78 is 14.2. The Balaban J connectivity index is 1.47. The van der Waals surface area contributed by atoms with Crippen LogP contribution in [0.4, 0.5) is 0 Å². The van der Waals surface area contributed by atoms with Crippen molar-refractivity contribution in [2.45, 2.75) is 32.4 Å². The lowest BCUT2D eigenvalue weighted by Gasteiger charge is -2.17. The third kappa shape index (κ3) is 4.76. The maximum atomic E-state index is 13.3. The van der Waals surface area contributed by atoms with Gasteiger partial charge in [-0.1, -0.05) is 41.4 Å². The normalized spacial score (nSPS) is 14.1. The topological polar surface area (TPSA) is 88.2 Å². The minimum atomic E-state index is -0.737. The molecule has 1 aliphatic rings. The standard InChI is InChI=1S/C25H22Cl2N4O4/c1-2-34-25(33)23(15-7-8-15)35-22-11-21(19(27)13-28-22)30-10-9-20-17(24(30)32)12-29-31(20)14-16-5-3-4-6-18(16)26/h3-6,9-13,15,23H,2,7-8,14H2,1H3. The van der Waals surface area contributed by atoms with E-state index in [1.165, 1.54) is 17.0 Å². The number of ether oxygens (including phenoxy) is 2. The van der Waals surface area contributed by atoms with Gasteiger partial charge in [0.1, 0.15) is 0 Å². The average Bonchev–Trinajstić information content (AvgIpc) is 3.61. The molecule has 4 aromatic rings. The molecule has 3 heterocycles. The molecule has 180 valence electrons. The van der Waals surface area contributed by atoms with Crippen molar-refractivity contribution in [2.75, 3.05) is 6.61 Å². The van der Waals surface area contributed by atoms with Crippen LogP contribution in [0.5, 0.6) is 5.88 Å². The van der Waals surface area contributed by atoms with E-state index in [0.717, 1.165) is 18.4 Å². The van der Waals surface area contributed by atoms with E-state index in [4.69, 9.17) is 32.7 Å². The summed E-state index contributed by atoms with van der Waals surface area (Å²) in [7, 11) is 0. The zero-order valence-corrected chi connectivity index (χ0v) is 20.4. The molecule has 0 radical (unpaired) electrons. The maximum Gasteiger partial charge on any atom is 0.347 e. The molecule has 0 amide bonds. The van der Waals surface area contributed by atoms with Crippen LogP contribution in [0.2, 0.25) is 10.0 Å². The molecule has 3 aromatic heterocycles. The SMILES string of the molecule is CCOC(=O)C(Oc1cc(-n2ccc3c(cnn3Cc3ccccc3Cl)c2=O)c(Cl)cn1)C1CC1. The van der Waals surface area contributed by atoms with Crippen molar-refractivity contribution >= 4 is 40.1 Å². The lowest BCUT2D eigenvalue weighted by molar-refractivity contribution is -0.152. The van der Waals surface area contributed by atoms with Crippen molar-refractivity contribution in [2.24, 2.45) is 5.92 Å². The second-order valence-corrected chi connectivity index (χ2v) is 9.10. The summed E-state index contributed by atoms with van der Waals surface area (Å²) in [5.41, 5.74) is 1.66. The van der Waals surface area contributed by atoms with Gasteiger partial charge in [-0.2, -0.15) is 5.10 Å². The third-order valence-corrected chi connectivity index (χ3v) is 6.54. The molecule has 1 unspecified atom stereocenters. The van der Waals surface area contributed by atoms with Gasteiger partial charge in [0.15, 0.2) is 6.10 Å². The van der Waals surface area contributed by atoms with E-state index in [1.807, 2.05) is 24.3 Å². The predicted octanol–water partition coefficient (Wildman–Crippen LogP) is 4.66. The summed E-state index contributed by atoms with van der Waals surface area (Å²) in [5.74, 6) is -0.133. The minimum Gasteiger partial charge on any atom is -0.463 e. The molecule has 0 bridgehead atoms. The molecular formula is C25H22Cl2N4O4. The fourth-order valence-electron chi connectivity index (χ4n) is 3.93. The number of hydrogen-bond acceptors (Lipinski definition) is 6. The molecule has 0 N–H and O–H groups in total. The summed E-state index contributed by atoms with van der Waals surface area (Å²) in [6, 6.07) is 10.8. The Morgan fingerprint density at radius 1 is 1.17 bits per heavy atom. The number of carbonyl (C=O) groups is 1. The quantitative estimate of drug-likeness (QED) is 0.319. The molecule has 0 saturated heterocycles. The van der Waals surface area contributed by atoms with Crippen molar-refractivity contribution in [3.8, 4) is 11.6 Å². The fourth-order valence-corrected chi connectivity index (χ4v) is 4.32. The molecular weight excluding hydrogens is 491 g/mol. The first-order valence-corrected chi connectivity index (χ1v) is 12.0. The first-order valence-electron chi connectivity index (χ1n) is 11.3. The molecule has 0 spiro atoms. The monoisotopic (exact) mass is 512 g/mol. The second-order valence-electron chi connectivity index (χ2n) is 8.29. The lowest BCUT2D eigenvalue weighted by atomic mass is 10.2. The van der Waals surface area contributed by atoms with Gasteiger partial charge in [-0.25, -0.2) is 9.78 Å². The number of carbonyl (C=O) groups excluding carboxylic acids is 1. The predicted molar refractivity (Wildman–Crippen MR) is 132 cm³/mol. The summed E-state index contributed by atoms with van der Waals surface area (Å²) in [5, 5.41) is 5.72. The van der Waals surface area contributed by atoms with Crippen LogP contribution in [0.15, 0.2) is 59.8 Å². The number of nitrogens with zero attached hydrogens (tertiary/aromatic N) is 4. The van der Waals surface area contributed by atoms with E-state index >= 15 is 0 Å². The molecule has 8 nitrogen and oxygen atoms in total. The number of benzene rings is 1. The Morgan fingerprint density at radius 3 is 2.71 bits per heavy atom. The average molecular weight is 513 g/mol. The Morgan fingerprint density at radius 2 is 1.97 bits per heavy atom. The van der Waals surface area contributed by atoms with Gasteiger partial charge in [0.25, 0.3) is 5.56 Å². The van der Waals surface area contributed by atoms with Crippen molar-refractivity contribution in [1.82, 2.24) is 19.3 Å². The first-order chi connectivity index (χ1) is 17.0. The summed E-state index contributed by atoms with van der Waals surface area (Å²) in [6.45, 7) is 2.45. The zero-order valence-electron chi connectivity index (χ0n) is 18.9. The Kier molecular flexibility index (Phi) is 6.49. The van der Waals surface area contributed by atoms with E-state index in [9.17, 15) is 9.59 Å². The number of pyridine rings is 2. The van der Waals surface area contributed by atoms with Gasteiger partial charge < -0.3 is 9.47 Å². The van der Waals surface area contributed by atoms with E-state index in [0.29, 0.717) is 28.2 Å². The first kappa shape index (κ1) is 23.4. The van der Waals surface area contributed by atoms with Gasteiger partial charge in [-0.3, -0.25) is 14.0 Å². The van der Waals surface area contributed by atoms with Crippen LogP contribution in [-0.2, 0) is 16.1 Å². The van der Waals surface area contributed by atoms with Gasteiger partial charge in [-0.05, 0) is 37.5 Å². The molecule has 0 aliphatic heterocycles. The maximum absolute atomic E-state index is 13.3. The van der Waals surface area contributed by atoms with Gasteiger partial charge in [0.05, 0.1) is 47.2 Å². The lowest BCUT2D eigenvalue weighted by Crippen LogP contribution is -2.32. The highest BCUT2D eigenvalue weighted by molar-refractivity contribution is 6.32. The number of rotatable bonds is 8. The van der Waals surface area contributed by atoms with Crippen molar-refractivity contribution in [1.29, 1.82) is 0 Å². The summed E-state index contributed by atoms with van der Waals surface area (Å²) in [4.78, 5) is 29.9. The Bertz CT molecular complexity index is 1460. The Labute approximate surface area is 211 Å². The smallest absolute Gasteiger partial charge is 0.347 e. The molecule has 5 rings (SSSR count). The van der Waals surface area contributed by atoms with Crippen molar-refractivity contribution < 1.29 is 14.3 Å². The second kappa shape index (κ2) is 9.71. The molecule has 1 aromatic carbocycles. The van der Waals surface area contributed by atoms with E-state index < -0.39 is 12.1 Å². The van der Waals surface area contributed by atoms with Crippen molar-refractivity contribution in [3.63, 3.8) is 0 Å². The number of halogens is 2. The highest BCUT2D eigenvalue weighted by Crippen LogP contribution is 2.36. The number of fused-ring (bicyclic) bond motifs is 1. The van der Waals surface area contributed by atoms with Crippen LogP contribution in [0.25, 0.3) is 16.6 Å². The summed E-state index contributed by atoms with van der Waals surface area (Å²) in [6.07, 6.45) is 5.60. The van der Waals surface area contributed by atoms with Gasteiger partial charge in [0, 0.05) is 23.2 Å². The Hall–Kier alpha value is -3.36. The largest absolute Gasteiger partial charge is 0.463 e. The highest BCUT2D eigenvalue weighted by atomic mass is 35.5. The third-order valence-electron chi connectivity index (χ3n) is 5.88. The van der Waals surface area contributed by atoms with E-state index in [-0.39, 0.29) is 29.0 Å². The van der Waals surface area contributed by atoms with Crippen LogP contribution >= 0.6 is 23.2 Å². The van der Waals surface area contributed by atoms with E-state index in [2.05, 4.69) is 10.1 Å². The molecule has 1 fully saturated rings. The summed E-state index contributed by atoms with van der Waals surface area (Å²) >= 11 is 12.7. The number of aromatic nitrogens is 4. The van der Waals surface area contributed by atoms with Crippen LogP contribution < -0.4 is 10.3 Å². The molecule has 1 aliphatic carbocycles. The molecule has 1 atom stereocenters. The van der Waals surface area contributed by atoms with Crippen LogP contribution in [0, 0.1) is 5.92 Å². The van der Waals surface area contributed by atoms with Gasteiger partial charge in [0.2, 0.25) is 5.88 Å². The fraction of sp³-hybridized carbons (Fsp3) is 0.280. The zero-order chi connectivity index (χ0) is 24.5. The molecule has 35 heavy (non-hydrogen) atoms.